The van der Waals surface area contributed by atoms with Crippen LogP contribution in [0, 0.1) is 5.92 Å². The third kappa shape index (κ3) is 5.65. The first-order chi connectivity index (χ1) is 13.5. The van der Waals surface area contributed by atoms with Gasteiger partial charge in [0.15, 0.2) is 11.7 Å². The Hall–Kier alpha value is -3.18. The monoisotopic (exact) mass is 420 g/mol. The highest BCUT2D eigenvalue weighted by Crippen LogP contribution is 2.28. The molecule has 2 N–H and O–H groups in total. The lowest BCUT2D eigenvalue weighted by molar-refractivity contribution is -0.253. The Morgan fingerprint density at radius 1 is 1.24 bits per heavy atom. The average molecular weight is 420 g/mol. The number of nitrogens with one attached hydrogen (secondary N) is 1. The molecular formula is C17H16F4N2O6. The Bertz CT molecular complexity index is 800. The van der Waals surface area contributed by atoms with Crippen molar-refractivity contribution in [3.63, 3.8) is 0 Å². The molecule has 0 aliphatic carbocycles. The zero-order valence-electron chi connectivity index (χ0n) is 14.7. The Labute approximate surface area is 161 Å². The molecular weight excluding hydrogens is 404 g/mol. The third-order valence-corrected chi connectivity index (χ3v) is 3.99. The highest BCUT2D eigenvalue weighted by molar-refractivity contribution is 6.19. The molecule has 29 heavy (non-hydrogen) atoms. The minimum atomic E-state index is -4.65. The second kappa shape index (κ2) is 8.88. The van der Waals surface area contributed by atoms with Gasteiger partial charge >= 0.3 is 18.5 Å². The summed E-state index contributed by atoms with van der Waals surface area (Å²) in [6.45, 7) is -0.830. The first kappa shape index (κ1) is 22.1. The van der Waals surface area contributed by atoms with Crippen molar-refractivity contribution >= 4 is 23.6 Å². The number of nitrogens with zero attached hydrogens (tertiary/aromatic N) is 1. The van der Waals surface area contributed by atoms with Gasteiger partial charge in [-0.1, -0.05) is 12.1 Å². The number of carbonyl (C=O) groups excluding carboxylic acids is 3. The van der Waals surface area contributed by atoms with Crippen LogP contribution >= 0.6 is 0 Å². The van der Waals surface area contributed by atoms with E-state index >= 15 is 0 Å². The van der Waals surface area contributed by atoms with Crippen LogP contribution in [0.3, 0.4) is 0 Å². The van der Waals surface area contributed by atoms with Crippen LogP contribution in [0.5, 0.6) is 5.75 Å². The van der Waals surface area contributed by atoms with Crippen molar-refractivity contribution in [2.45, 2.75) is 25.5 Å². The van der Waals surface area contributed by atoms with Gasteiger partial charge in [0.25, 0.3) is 0 Å². The smallest absolute Gasteiger partial charge is 0.461 e. The molecule has 0 spiro atoms. The summed E-state index contributed by atoms with van der Waals surface area (Å²) in [7, 11) is 0. The molecule has 1 unspecified atom stereocenters. The lowest BCUT2D eigenvalue weighted by atomic mass is 9.94. The Morgan fingerprint density at radius 3 is 2.41 bits per heavy atom. The standard InChI is InChI=1S/C17H16F4N2O6/c18-16(19)17(20,21)29-10-3-1-9(2-4-10)8-23-6-5-11(24)13(15(23)28)14(27)22-7-12(25)26/h1-4,13,16H,5-8H2,(H,22,27)(H,25,26). The van der Waals surface area contributed by atoms with Crippen molar-refractivity contribution in [1.29, 1.82) is 0 Å². The van der Waals surface area contributed by atoms with E-state index in [1.165, 1.54) is 17.0 Å². The number of carbonyl (C=O) groups is 4. The van der Waals surface area contributed by atoms with E-state index in [0.717, 1.165) is 12.1 Å². The minimum Gasteiger partial charge on any atom is -0.480 e. The molecule has 1 heterocycles. The van der Waals surface area contributed by atoms with E-state index in [4.69, 9.17) is 5.11 Å². The predicted octanol–water partition coefficient (Wildman–Crippen LogP) is 1.04. The first-order valence-electron chi connectivity index (χ1n) is 8.26. The summed E-state index contributed by atoms with van der Waals surface area (Å²) in [5.74, 6) is -6.02. The topological polar surface area (TPSA) is 113 Å². The molecule has 0 bridgehead atoms. The van der Waals surface area contributed by atoms with E-state index in [9.17, 15) is 36.7 Å². The number of benzene rings is 1. The Balaban J connectivity index is 2.04. The molecule has 2 rings (SSSR count). The number of alkyl halides is 4. The van der Waals surface area contributed by atoms with Gasteiger partial charge in [0.05, 0.1) is 0 Å². The van der Waals surface area contributed by atoms with Crippen molar-refractivity contribution in [1.82, 2.24) is 10.2 Å². The van der Waals surface area contributed by atoms with Gasteiger partial charge in [0.2, 0.25) is 11.8 Å². The molecule has 1 aliphatic heterocycles. The van der Waals surface area contributed by atoms with Gasteiger partial charge in [-0.2, -0.15) is 17.6 Å². The van der Waals surface area contributed by atoms with Crippen LogP contribution in [-0.4, -0.2) is 59.2 Å². The zero-order chi connectivity index (χ0) is 21.8. The maximum Gasteiger partial charge on any atom is 0.461 e. The van der Waals surface area contributed by atoms with Crippen molar-refractivity contribution in [2.24, 2.45) is 5.92 Å². The van der Waals surface area contributed by atoms with Crippen LogP contribution < -0.4 is 10.1 Å². The number of Topliss-reactive ketones (excluding diaryl/α,β-unsaturated/α-hetero) is 1. The molecule has 1 aromatic carbocycles. The zero-order valence-corrected chi connectivity index (χ0v) is 14.7. The fourth-order valence-corrected chi connectivity index (χ4v) is 2.59. The molecule has 8 nitrogen and oxygen atoms in total. The number of carboxylic acids is 1. The molecule has 158 valence electrons. The summed E-state index contributed by atoms with van der Waals surface area (Å²) in [4.78, 5) is 48.0. The quantitative estimate of drug-likeness (QED) is 0.480. The fraction of sp³-hybridized carbons (Fsp3) is 0.412. The van der Waals surface area contributed by atoms with Gasteiger partial charge in [0, 0.05) is 19.5 Å². The number of hydrogen-bond donors (Lipinski definition) is 2. The van der Waals surface area contributed by atoms with Crippen molar-refractivity contribution < 1.29 is 46.6 Å². The summed E-state index contributed by atoms with van der Waals surface area (Å²) in [6.07, 6.45) is -8.78. The number of rotatable bonds is 8. The van der Waals surface area contributed by atoms with Gasteiger partial charge in [-0.05, 0) is 17.7 Å². The van der Waals surface area contributed by atoms with Gasteiger partial charge in [0.1, 0.15) is 12.3 Å². The van der Waals surface area contributed by atoms with Crippen molar-refractivity contribution in [3.05, 3.63) is 29.8 Å². The number of ether oxygens (including phenoxy) is 1. The van der Waals surface area contributed by atoms with Crippen molar-refractivity contribution in [3.8, 4) is 5.75 Å². The van der Waals surface area contributed by atoms with Gasteiger partial charge in [-0.25, -0.2) is 0 Å². The van der Waals surface area contributed by atoms with E-state index in [2.05, 4.69) is 4.74 Å². The normalized spacial score (nSPS) is 17.4. The molecule has 1 saturated heterocycles. The van der Waals surface area contributed by atoms with Gasteiger partial charge < -0.3 is 20.1 Å². The third-order valence-electron chi connectivity index (χ3n) is 3.99. The summed E-state index contributed by atoms with van der Waals surface area (Å²) in [6, 6.07) is 4.56. The van der Waals surface area contributed by atoms with E-state index < -0.39 is 54.3 Å². The molecule has 1 aromatic rings. The van der Waals surface area contributed by atoms with Crippen LogP contribution in [0.15, 0.2) is 24.3 Å². The number of ketones is 1. The van der Waals surface area contributed by atoms with E-state index in [1.807, 2.05) is 5.32 Å². The number of carboxylic acid groups (broad SMARTS) is 1. The number of amides is 2. The molecule has 2 amide bonds. The largest absolute Gasteiger partial charge is 0.480 e. The predicted molar refractivity (Wildman–Crippen MR) is 87.2 cm³/mol. The lowest BCUT2D eigenvalue weighted by Crippen LogP contribution is -2.52. The molecule has 0 aromatic heterocycles. The van der Waals surface area contributed by atoms with Crippen LogP contribution in [0.1, 0.15) is 12.0 Å². The fourth-order valence-electron chi connectivity index (χ4n) is 2.59. The van der Waals surface area contributed by atoms with E-state index in [-0.39, 0.29) is 19.5 Å². The Kier molecular flexibility index (Phi) is 6.77. The minimum absolute atomic E-state index is 0.00207. The number of likely N-dealkylation sites (tertiary alicyclic amines) is 1. The lowest BCUT2D eigenvalue weighted by Gasteiger charge is -2.30. The van der Waals surface area contributed by atoms with E-state index in [1.54, 1.807) is 0 Å². The summed E-state index contributed by atoms with van der Waals surface area (Å²) in [5, 5.41) is 10.5. The average Bonchev–Trinajstić information content (AvgIpc) is 2.63. The molecule has 1 fully saturated rings. The Morgan fingerprint density at radius 2 is 1.86 bits per heavy atom. The van der Waals surface area contributed by atoms with Crippen molar-refractivity contribution in [2.75, 3.05) is 13.1 Å². The van der Waals surface area contributed by atoms with Crippen LogP contribution in [0.2, 0.25) is 0 Å². The maximum absolute atomic E-state index is 12.9. The summed E-state index contributed by atoms with van der Waals surface area (Å²) in [5.41, 5.74) is 0.408. The maximum atomic E-state index is 12.9. The van der Waals surface area contributed by atoms with Crippen LogP contribution in [-0.2, 0) is 25.7 Å². The molecule has 0 radical (unpaired) electrons. The number of aliphatic carboxylic acids is 1. The summed E-state index contributed by atoms with van der Waals surface area (Å²) < 4.78 is 54.0. The van der Waals surface area contributed by atoms with E-state index in [0.29, 0.717) is 5.56 Å². The van der Waals surface area contributed by atoms with Crippen LogP contribution in [0.25, 0.3) is 0 Å². The molecule has 1 aliphatic rings. The summed E-state index contributed by atoms with van der Waals surface area (Å²) >= 11 is 0. The highest BCUT2D eigenvalue weighted by atomic mass is 19.3. The van der Waals surface area contributed by atoms with Crippen LogP contribution in [0.4, 0.5) is 17.6 Å². The molecule has 0 saturated carbocycles. The highest BCUT2D eigenvalue weighted by Gasteiger charge is 2.44. The molecule has 12 heteroatoms. The van der Waals surface area contributed by atoms with Gasteiger partial charge in [-0.15, -0.1) is 0 Å². The number of halogens is 4. The first-order valence-corrected chi connectivity index (χ1v) is 8.26. The SMILES string of the molecule is O=C(O)CNC(=O)C1C(=O)CCN(Cc2ccc(OC(F)(F)C(F)F)cc2)C1=O. The second-order valence-corrected chi connectivity index (χ2v) is 6.13. The number of piperidine rings is 1. The number of hydrogen-bond acceptors (Lipinski definition) is 5. The second-order valence-electron chi connectivity index (χ2n) is 6.13. The van der Waals surface area contributed by atoms with Gasteiger partial charge in [-0.3, -0.25) is 19.2 Å². The molecule has 1 atom stereocenters.